The molecule has 0 amide bonds. The highest BCUT2D eigenvalue weighted by Gasteiger charge is 2.25. The molecule has 5 nitrogen and oxygen atoms in total. The van der Waals surface area contributed by atoms with Crippen molar-refractivity contribution in [3.05, 3.63) is 97.9 Å². The minimum absolute atomic E-state index is 0.0312. The van der Waals surface area contributed by atoms with E-state index in [0.717, 1.165) is 0 Å². The number of hydrogen-bond acceptors (Lipinski definition) is 5. The van der Waals surface area contributed by atoms with Gasteiger partial charge in [0.05, 0.1) is 21.7 Å². The summed E-state index contributed by atoms with van der Waals surface area (Å²) in [6, 6.07) is 14.3. The van der Waals surface area contributed by atoms with Gasteiger partial charge in [0.1, 0.15) is 12.4 Å². The Bertz CT molecular complexity index is 1320. The van der Waals surface area contributed by atoms with E-state index in [1.807, 2.05) is 6.92 Å². The Labute approximate surface area is 210 Å². The zero-order valence-electron chi connectivity index (χ0n) is 17.8. The maximum absolute atomic E-state index is 13.9. The Morgan fingerprint density at radius 1 is 1.00 bits per heavy atom. The Hall–Kier alpha value is -3.06. The number of carbonyl (C=O) groups excluding carboxylic acids is 1. The maximum Gasteiger partial charge on any atom is 0.363 e. The SMILES string of the molecule is CCOc1cc(/C=C2\N=C(c3ccc(Cl)c(Cl)c3)OC2=O)cc(Cl)c1OCc1ccccc1F. The van der Waals surface area contributed by atoms with E-state index < -0.39 is 5.97 Å². The summed E-state index contributed by atoms with van der Waals surface area (Å²) >= 11 is 18.4. The third kappa shape index (κ3) is 5.36. The van der Waals surface area contributed by atoms with E-state index in [1.165, 1.54) is 12.1 Å². The molecule has 4 rings (SSSR count). The van der Waals surface area contributed by atoms with Gasteiger partial charge in [-0.25, -0.2) is 14.2 Å². The number of hydrogen-bond donors (Lipinski definition) is 0. The van der Waals surface area contributed by atoms with Gasteiger partial charge < -0.3 is 14.2 Å². The number of benzene rings is 3. The molecule has 174 valence electrons. The quantitative estimate of drug-likeness (QED) is 0.246. The topological polar surface area (TPSA) is 57.1 Å². The van der Waals surface area contributed by atoms with E-state index in [9.17, 15) is 9.18 Å². The summed E-state index contributed by atoms with van der Waals surface area (Å²) in [7, 11) is 0. The van der Waals surface area contributed by atoms with Crippen LogP contribution in [0.4, 0.5) is 4.39 Å². The number of ether oxygens (including phenoxy) is 3. The fraction of sp³-hybridized carbons (Fsp3) is 0.120. The van der Waals surface area contributed by atoms with Crippen molar-refractivity contribution in [2.45, 2.75) is 13.5 Å². The van der Waals surface area contributed by atoms with Gasteiger partial charge in [-0.05, 0) is 55.0 Å². The number of rotatable bonds is 7. The largest absolute Gasteiger partial charge is 0.490 e. The smallest absolute Gasteiger partial charge is 0.363 e. The molecule has 0 bridgehead atoms. The van der Waals surface area contributed by atoms with Gasteiger partial charge in [-0.2, -0.15) is 0 Å². The summed E-state index contributed by atoms with van der Waals surface area (Å²) in [4.78, 5) is 16.6. The van der Waals surface area contributed by atoms with E-state index >= 15 is 0 Å². The lowest BCUT2D eigenvalue weighted by atomic mass is 10.1. The molecular weight excluding hydrogens is 504 g/mol. The van der Waals surface area contributed by atoms with Crippen molar-refractivity contribution in [1.82, 2.24) is 0 Å². The Morgan fingerprint density at radius 2 is 1.79 bits per heavy atom. The lowest BCUT2D eigenvalue weighted by Crippen LogP contribution is -2.05. The molecule has 0 saturated heterocycles. The zero-order valence-corrected chi connectivity index (χ0v) is 20.0. The van der Waals surface area contributed by atoms with Crippen molar-refractivity contribution < 1.29 is 23.4 Å². The zero-order chi connectivity index (χ0) is 24.2. The summed E-state index contributed by atoms with van der Waals surface area (Å²) in [5.74, 6) is -0.291. The summed E-state index contributed by atoms with van der Waals surface area (Å²) in [6.45, 7) is 2.12. The monoisotopic (exact) mass is 519 g/mol. The fourth-order valence-electron chi connectivity index (χ4n) is 3.16. The van der Waals surface area contributed by atoms with Crippen molar-refractivity contribution in [2.24, 2.45) is 4.99 Å². The third-order valence-electron chi connectivity index (χ3n) is 4.75. The molecular formula is C25H17Cl3FNO4. The molecule has 3 aromatic rings. The second-order valence-electron chi connectivity index (χ2n) is 7.11. The van der Waals surface area contributed by atoms with Gasteiger partial charge in [0.25, 0.3) is 0 Å². The summed E-state index contributed by atoms with van der Waals surface area (Å²) < 4.78 is 30.7. The average Bonchev–Trinajstić information content (AvgIpc) is 3.16. The minimum Gasteiger partial charge on any atom is -0.490 e. The number of aliphatic imine (C=N–C) groups is 1. The van der Waals surface area contributed by atoms with Crippen LogP contribution < -0.4 is 9.47 Å². The Balaban J connectivity index is 1.62. The highest BCUT2D eigenvalue weighted by atomic mass is 35.5. The van der Waals surface area contributed by atoms with Crippen LogP contribution in [-0.2, 0) is 16.1 Å². The first-order valence-corrected chi connectivity index (χ1v) is 11.3. The molecule has 0 fully saturated rings. The second kappa shape index (κ2) is 10.5. The second-order valence-corrected chi connectivity index (χ2v) is 8.33. The van der Waals surface area contributed by atoms with Crippen LogP contribution in [0.3, 0.4) is 0 Å². The summed E-state index contributed by atoms with van der Waals surface area (Å²) in [5.41, 5.74) is 1.50. The molecule has 0 unspecified atom stereocenters. The normalized spacial score (nSPS) is 14.2. The van der Waals surface area contributed by atoms with Crippen LogP contribution in [0.15, 0.2) is 65.3 Å². The van der Waals surface area contributed by atoms with Crippen molar-refractivity contribution in [3.63, 3.8) is 0 Å². The molecule has 0 aromatic heterocycles. The lowest BCUT2D eigenvalue weighted by Gasteiger charge is -2.15. The van der Waals surface area contributed by atoms with Gasteiger partial charge in [0, 0.05) is 11.1 Å². The van der Waals surface area contributed by atoms with Crippen LogP contribution >= 0.6 is 34.8 Å². The highest BCUT2D eigenvalue weighted by Crippen LogP contribution is 2.38. The molecule has 0 spiro atoms. The summed E-state index contributed by atoms with van der Waals surface area (Å²) in [6.07, 6.45) is 1.52. The van der Waals surface area contributed by atoms with E-state index in [-0.39, 0.29) is 34.8 Å². The van der Waals surface area contributed by atoms with Crippen molar-refractivity contribution in [1.29, 1.82) is 0 Å². The van der Waals surface area contributed by atoms with Gasteiger partial charge in [-0.15, -0.1) is 0 Å². The van der Waals surface area contributed by atoms with E-state index in [2.05, 4.69) is 4.99 Å². The van der Waals surface area contributed by atoms with Crippen LogP contribution in [0.2, 0.25) is 15.1 Å². The molecule has 0 atom stereocenters. The van der Waals surface area contributed by atoms with E-state index in [4.69, 9.17) is 49.0 Å². The Morgan fingerprint density at radius 3 is 2.53 bits per heavy atom. The summed E-state index contributed by atoms with van der Waals surface area (Å²) in [5, 5.41) is 0.921. The van der Waals surface area contributed by atoms with Crippen molar-refractivity contribution in [3.8, 4) is 11.5 Å². The van der Waals surface area contributed by atoms with Crippen LogP contribution in [0, 0.1) is 5.82 Å². The van der Waals surface area contributed by atoms with Crippen LogP contribution in [-0.4, -0.2) is 18.5 Å². The molecule has 0 radical (unpaired) electrons. The molecule has 34 heavy (non-hydrogen) atoms. The third-order valence-corrected chi connectivity index (χ3v) is 5.77. The number of esters is 1. The van der Waals surface area contributed by atoms with Gasteiger partial charge in [-0.1, -0.05) is 53.0 Å². The minimum atomic E-state index is -0.630. The molecule has 0 N–H and O–H groups in total. The predicted molar refractivity (Wildman–Crippen MR) is 130 cm³/mol. The molecule has 3 aromatic carbocycles. The number of carbonyl (C=O) groups is 1. The first-order valence-electron chi connectivity index (χ1n) is 10.2. The van der Waals surface area contributed by atoms with Gasteiger partial charge >= 0.3 is 5.97 Å². The Kier molecular flexibility index (Phi) is 7.41. The number of nitrogens with zero attached hydrogens (tertiary/aromatic N) is 1. The van der Waals surface area contributed by atoms with E-state index in [1.54, 1.807) is 48.5 Å². The van der Waals surface area contributed by atoms with Crippen molar-refractivity contribution >= 4 is 52.7 Å². The van der Waals surface area contributed by atoms with Crippen LogP contribution in [0.5, 0.6) is 11.5 Å². The highest BCUT2D eigenvalue weighted by molar-refractivity contribution is 6.42. The molecule has 0 saturated carbocycles. The fourth-order valence-corrected chi connectivity index (χ4v) is 3.73. The predicted octanol–water partition coefficient (Wildman–Crippen LogP) is 7.11. The molecule has 0 aliphatic carbocycles. The van der Waals surface area contributed by atoms with Gasteiger partial charge in [0.2, 0.25) is 5.90 Å². The van der Waals surface area contributed by atoms with Crippen LogP contribution in [0.1, 0.15) is 23.6 Å². The lowest BCUT2D eigenvalue weighted by molar-refractivity contribution is -0.129. The van der Waals surface area contributed by atoms with Crippen LogP contribution in [0.25, 0.3) is 6.08 Å². The molecule has 1 heterocycles. The first kappa shape index (κ1) is 24.1. The van der Waals surface area contributed by atoms with E-state index in [0.29, 0.717) is 39.1 Å². The van der Waals surface area contributed by atoms with Gasteiger partial charge in [0.15, 0.2) is 17.2 Å². The standard InChI is InChI=1S/C25H17Cl3FNO4/c1-2-32-22-11-14(9-19(28)23(22)33-13-16-5-3-4-6-20(16)29)10-21-25(31)34-24(30-21)15-7-8-17(26)18(27)12-15/h3-12H,2,13H2,1H3/b21-10-. The molecule has 1 aliphatic rings. The van der Waals surface area contributed by atoms with Gasteiger partial charge in [-0.3, -0.25) is 0 Å². The van der Waals surface area contributed by atoms with Crippen molar-refractivity contribution in [2.75, 3.05) is 6.61 Å². The molecule has 1 aliphatic heterocycles. The average molecular weight is 521 g/mol. The number of halogens is 4. The number of cyclic esters (lactones) is 1. The molecule has 9 heteroatoms. The first-order chi connectivity index (χ1) is 16.4. The maximum atomic E-state index is 13.9.